The van der Waals surface area contributed by atoms with E-state index in [9.17, 15) is 9.18 Å². The fourth-order valence-electron chi connectivity index (χ4n) is 1.62. The maximum absolute atomic E-state index is 13.4. The molecule has 0 N–H and O–H groups in total. The van der Waals surface area contributed by atoms with Crippen LogP contribution < -0.4 is 0 Å². The average Bonchev–Trinajstić information content (AvgIpc) is 2.73. The molecular weight excluding hydrogens is 239 g/mol. The van der Waals surface area contributed by atoms with Gasteiger partial charge in [0.2, 0.25) is 0 Å². The van der Waals surface area contributed by atoms with Crippen LogP contribution in [0.1, 0.15) is 15.9 Å². The molecule has 88 valence electrons. The Labute approximate surface area is 103 Å². The van der Waals surface area contributed by atoms with Crippen molar-refractivity contribution in [1.29, 1.82) is 0 Å². The van der Waals surface area contributed by atoms with Gasteiger partial charge in [-0.3, -0.25) is 0 Å². The Morgan fingerprint density at radius 2 is 2.12 bits per heavy atom. The second-order valence-corrected chi connectivity index (χ2v) is 4.57. The van der Waals surface area contributed by atoms with Crippen LogP contribution in [0.3, 0.4) is 0 Å². The summed E-state index contributed by atoms with van der Waals surface area (Å²) in [5, 5.41) is 1.94. The molecule has 4 heteroatoms. The molecular formula is C13H11FO2S. The Morgan fingerprint density at radius 1 is 1.35 bits per heavy atom. The molecule has 2 rings (SSSR count). The minimum Gasteiger partial charge on any atom is -0.465 e. The fourth-order valence-corrected chi connectivity index (χ4v) is 2.54. The summed E-state index contributed by atoms with van der Waals surface area (Å²) in [6, 6.07) is 6.21. The first-order valence-electron chi connectivity index (χ1n) is 5.05. The number of hydrogen-bond donors (Lipinski definition) is 0. The average molecular weight is 250 g/mol. The van der Waals surface area contributed by atoms with Gasteiger partial charge < -0.3 is 4.74 Å². The van der Waals surface area contributed by atoms with Crippen molar-refractivity contribution in [1.82, 2.24) is 0 Å². The molecule has 0 saturated heterocycles. The highest BCUT2D eigenvalue weighted by Gasteiger charge is 2.11. The second kappa shape index (κ2) is 4.67. The van der Waals surface area contributed by atoms with Crippen molar-refractivity contribution in [3.05, 3.63) is 46.6 Å². The van der Waals surface area contributed by atoms with Gasteiger partial charge in [-0.2, -0.15) is 0 Å². The van der Waals surface area contributed by atoms with Crippen LogP contribution in [-0.2, 0) is 4.74 Å². The number of hydrogen-bond acceptors (Lipinski definition) is 3. The van der Waals surface area contributed by atoms with E-state index in [2.05, 4.69) is 4.74 Å². The molecule has 2 aromatic rings. The van der Waals surface area contributed by atoms with Gasteiger partial charge in [0.15, 0.2) is 0 Å². The molecule has 1 aromatic carbocycles. The normalized spacial score (nSPS) is 10.3. The number of aryl methyl sites for hydroxylation is 1. The predicted molar refractivity (Wildman–Crippen MR) is 65.8 cm³/mol. The largest absolute Gasteiger partial charge is 0.465 e. The first-order valence-corrected chi connectivity index (χ1v) is 5.93. The quantitative estimate of drug-likeness (QED) is 0.760. The van der Waals surface area contributed by atoms with Crippen LogP contribution in [-0.4, -0.2) is 13.1 Å². The zero-order chi connectivity index (χ0) is 12.4. The third-order valence-corrected chi connectivity index (χ3v) is 3.51. The number of carbonyl (C=O) groups is 1. The van der Waals surface area contributed by atoms with Crippen molar-refractivity contribution in [2.24, 2.45) is 0 Å². The monoisotopic (exact) mass is 250 g/mol. The Kier molecular flexibility index (Phi) is 3.24. The molecule has 0 amide bonds. The van der Waals surface area contributed by atoms with E-state index in [4.69, 9.17) is 0 Å². The van der Waals surface area contributed by atoms with Crippen LogP contribution in [0.5, 0.6) is 0 Å². The van der Waals surface area contributed by atoms with Crippen molar-refractivity contribution in [2.45, 2.75) is 6.92 Å². The van der Waals surface area contributed by atoms with Gasteiger partial charge in [0.25, 0.3) is 0 Å². The lowest BCUT2D eigenvalue weighted by Gasteiger charge is -2.04. The van der Waals surface area contributed by atoms with Gasteiger partial charge in [-0.1, -0.05) is 0 Å². The maximum atomic E-state index is 13.4. The van der Waals surface area contributed by atoms with Crippen molar-refractivity contribution < 1.29 is 13.9 Å². The summed E-state index contributed by atoms with van der Waals surface area (Å²) < 4.78 is 18.0. The van der Waals surface area contributed by atoms with E-state index in [1.54, 1.807) is 6.07 Å². The Bertz CT molecular complexity index is 560. The van der Waals surface area contributed by atoms with Gasteiger partial charge in [-0.25, -0.2) is 9.18 Å². The number of benzene rings is 1. The molecule has 17 heavy (non-hydrogen) atoms. The zero-order valence-corrected chi connectivity index (χ0v) is 10.3. The smallest absolute Gasteiger partial charge is 0.337 e. The SMILES string of the molecule is COC(=O)c1cc(F)cc(-c2sccc2C)c1. The van der Waals surface area contributed by atoms with Crippen LogP contribution in [0, 0.1) is 12.7 Å². The topological polar surface area (TPSA) is 26.3 Å². The van der Waals surface area contributed by atoms with E-state index in [0.29, 0.717) is 5.56 Å². The Balaban J connectivity index is 2.53. The number of ether oxygens (including phenoxy) is 1. The number of carbonyl (C=O) groups excluding carboxylic acids is 1. The lowest BCUT2D eigenvalue weighted by Crippen LogP contribution is -2.01. The number of rotatable bonds is 2. The molecule has 0 aliphatic heterocycles. The minimum atomic E-state index is -0.528. The predicted octanol–water partition coefficient (Wildman–Crippen LogP) is 3.65. The van der Waals surface area contributed by atoms with E-state index in [0.717, 1.165) is 10.4 Å². The molecule has 0 aliphatic carbocycles. The summed E-state index contributed by atoms with van der Waals surface area (Å²) in [4.78, 5) is 12.4. The first kappa shape index (κ1) is 11.8. The molecule has 0 saturated carbocycles. The molecule has 0 atom stereocenters. The van der Waals surface area contributed by atoms with Crippen LogP contribution in [0.4, 0.5) is 4.39 Å². The van der Waals surface area contributed by atoms with Crippen molar-refractivity contribution in [3.8, 4) is 10.4 Å². The summed E-state index contributed by atoms with van der Waals surface area (Å²) >= 11 is 1.52. The zero-order valence-electron chi connectivity index (χ0n) is 9.49. The van der Waals surface area contributed by atoms with Gasteiger partial charge in [0, 0.05) is 4.88 Å². The third-order valence-electron chi connectivity index (χ3n) is 2.44. The minimum absolute atomic E-state index is 0.232. The molecule has 1 heterocycles. The van der Waals surface area contributed by atoms with Crippen molar-refractivity contribution in [3.63, 3.8) is 0 Å². The standard InChI is InChI=1S/C13H11FO2S/c1-8-3-4-17-12(8)9-5-10(13(15)16-2)7-11(14)6-9/h3-7H,1-2H3. The van der Waals surface area contributed by atoms with Crippen LogP contribution in [0.25, 0.3) is 10.4 Å². The molecule has 2 nitrogen and oxygen atoms in total. The summed E-state index contributed by atoms with van der Waals surface area (Å²) in [5.74, 6) is -0.962. The highest BCUT2D eigenvalue weighted by atomic mass is 32.1. The summed E-state index contributed by atoms with van der Waals surface area (Å²) in [6.45, 7) is 1.95. The third kappa shape index (κ3) is 2.36. The van der Waals surface area contributed by atoms with E-state index in [1.807, 2.05) is 18.4 Å². The molecule has 0 aliphatic rings. The van der Waals surface area contributed by atoms with Crippen LogP contribution in [0.2, 0.25) is 0 Å². The molecule has 1 aromatic heterocycles. The lowest BCUT2D eigenvalue weighted by molar-refractivity contribution is 0.0600. The fraction of sp³-hybridized carbons (Fsp3) is 0.154. The molecule has 0 spiro atoms. The molecule has 0 unspecified atom stereocenters. The highest BCUT2D eigenvalue weighted by Crippen LogP contribution is 2.30. The molecule has 0 bridgehead atoms. The van der Waals surface area contributed by atoms with Gasteiger partial charge in [-0.05, 0) is 47.7 Å². The summed E-state index contributed by atoms with van der Waals surface area (Å²) in [7, 11) is 1.28. The number of methoxy groups -OCH3 is 1. The molecule has 0 fully saturated rings. The first-order chi connectivity index (χ1) is 8.11. The van der Waals surface area contributed by atoms with Gasteiger partial charge in [0.1, 0.15) is 5.82 Å². The van der Waals surface area contributed by atoms with E-state index in [1.165, 1.54) is 30.6 Å². The number of halogens is 1. The Hall–Kier alpha value is -1.68. The Morgan fingerprint density at radius 3 is 2.71 bits per heavy atom. The maximum Gasteiger partial charge on any atom is 0.337 e. The lowest BCUT2D eigenvalue weighted by atomic mass is 10.1. The van der Waals surface area contributed by atoms with Crippen molar-refractivity contribution in [2.75, 3.05) is 7.11 Å². The summed E-state index contributed by atoms with van der Waals surface area (Å²) in [5.41, 5.74) is 2.00. The van der Waals surface area contributed by atoms with Gasteiger partial charge in [0.05, 0.1) is 12.7 Å². The second-order valence-electron chi connectivity index (χ2n) is 3.65. The highest BCUT2D eigenvalue weighted by molar-refractivity contribution is 7.13. The van der Waals surface area contributed by atoms with E-state index >= 15 is 0 Å². The van der Waals surface area contributed by atoms with Gasteiger partial charge in [-0.15, -0.1) is 11.3 Å². The summed E-state index contributed by atoms with van der Waals surface area (Å²) in [6.07, 6.45) is 0. The number of thiophene rings is 1. The van der Waals surface area contributed by atoms with Crippen molar-refractivity contribution >= 4 is 17.3 Å². The molecule has 0 radical (unpaired) electrons. The van der Waals surface area contributed by atoms with Crippen LogP contribution >= 0.6 is 11.3 Å². The number of esters is 1. The van der Waals surface area contributed by atoms with Crippen LogP contribution in [0.15, 0.2) is 29.6 Å². The van der Waals surface area contributed by atoms with Gasteiger partial charge >= 0.3 is 5.97 Å². The van der Waals surface area contributed by atoms with E-state index < -0.39 is 11.8 Å². The van der Waals surface area contributed by atoms with E-state index in [-0.39, 0.29) is 5.56 Å².